The summed E-state index contributed by atoms with van der Waals surface area (Å²) in [7, 11) is 0. The minimum Gasteiger partial charge on any atom is -0.309 e. The molecule has 1 aliphatic rings. The summed E-state index contributed by atoms with van der Waals surface area (Å²) in [4.78, 5) is 10.3. The Kier molecular flexibility index (Phi) is 7.79. The first kappa shape index (κ1) is 30.5. The van der Waals surface area contributed by atoms with Crippen molar-refractivity contribution in [1.29, 1.82) is 0 Å². The number of hydrogen-bond acceptors (Lipinski definition) is 2. The molecule has 0 amide bonds. The van der Waals surface area contributed by atoms with E-state index in [1.165, 1.54) is 49.6 Å². The van der Waals surface area contributed by atoms with Crippen molar-refractivity contribution < 1.29 is 0 Å². The van der Waals surface area contributed by atoms with E-state index in [1.807, 2.05) is 12.1 Å². The minimum absolute atomic E-state index is 0.695. The molecule has 9 rings (SSSR count). The van der Waals surface area contributed by atoms with Crippen LogP contribution in [0.5, 0.6) is 0 Å². The molecule has 8 aromatic rings. The number of allylic oxidation sites excluding steroid dienone is 5. The number of fused-ring (bicyclic) bond motifs is 4. The molecule has 0 radical (unpaired) electrons. The number of rotatable bonds is 6. The van der Waals surface area contributed by atoms with Crippen LogP contribution in [0, 0.1) is 0 Å². The molecule has 0 unspecified atom stereocenters. The van der Waals surface area contributed by atoms with E-state index in [4.69, 9.17) is 9.97 Å². The Bertz CT molecular complexity index is 2590. The summed E-state index contributed by atoms with van der Waals surface area (Å²) in [5.74, 6) is 0.695. The van der Waals surface area contributed by atoms with Gasteiger partial charge in [-0.2, -0.15) is 0 Å². The van der Waals surface area contributed by atoms with E-state index in [0.717, 1.165) is 40.2 Å². The van der Waals surface area contributed by atoms with Gasteiger partial charge in [0.2, 0.25) is 0 Å². The van der Waals surface area contributed by atoms with Crippen LogP contribution in [0.4, 0.5) is 0 Å². The molecule has 0 aliphatic heterocycles. The molecule has 1 aliphatic carbocycles. The van der Waals surface area contributed by atoms with Gasteiger partial charge in [-0.3, -0.25) is 0 Å². The molecule has 0 saturated heterocycles. The molecule has 0 bridgehead atoms. The first-order valence-corrected chi connectivity index (χ1v) is 17.5. The quantitative estimate of drug-likeness (QED) is 0.179. The lowest BCUT2D eigenvalue weighted by Gasteiger charge is -2.12. The molecule has 242 valence electrons. The van der Waals surface area contributed by atoms with Gasteiger partial charge in [0.25, 0.3) is 0 Å². The highest BCUT2D eigenvalue weighted by Gasteiger charge is 2.24. The van der Waals surface area contributed by atoms with Gasteiger partial charge in [0.15, 0.2) is 5.82 Å². The third-order valence-corrected chi connectivity index (χ3v) is 9.79. The van der Waals surface area contributed by atoms with Crippen molar-refractivity contribution in [3.63, 3.8) is 0 Å². The molecule has 3 heteroatoms. The Hall–Kier alpha value is -6.58. The number of aromatic nitrogens is 3. The lowest BCUT2D eigenvalue weighted by atomic mass is 10.0. The Morgan fingerprint density at radius 1 is 0.549 bits per heavy atom. The summed E-state index contributed by atoms with van der Waals surface area (Å²) >= 11 is 0. The molecule has 0 saturated carbocycles. The number of hydrogen-bond donors (Lipinski definition) is 0. The summed E-state index contributed by atoms with van der Waals surface area (Å²) in [6, 6.07) is 56.0. The van der Waals surface area contributed by atoms with Gasteiger partial charge in [0.1, 0.15) is 0 Å². The normalized spacial score (nSPS) is 14.3. The highest BCUT2D eigenvalue weighted by atomic mass is 15.0. The van der Waals surface area contributed by atoms with E-state index in [0.29, 0.717) is 5.82 Å². The second kappa shape index (κ2) is 13.0. The largest absolute Gasteiger partial charge is 0.309 e. The van der Waals surface area contributed by atoms with Gasteiger partial charge in [-0.1, -0.05) is 140 Å². The fourth-order valence-corrected chi connectivity index (χ4v) is 7.35. The second-order valence-corrected chi connectivity index (χ2v) is 13.0. The maximum absolute atomic E-state index is 5.13. The van der Waals surface area contributed by atoms with Gasteiger partial charge in [-0.15, -0.1) is 0 Å². The van der Waals surface area contributed by atoms with Crippen molar-refractivity contribution in [3.05, 3.63) is 198 Å². The highest BCUT2D eigenvalue weighted by Crippen LogP contribution is 2.41. The van der Waals surface area contributed by atoms with E-state index in [-0.39, 0.29) is 0 Å². The zero-order chi connectivity index (χ0) is 34.1. The zero-order valence-corrected chi connectivity index (χ0v) is 28.4. The van der Waals surface area contributed by atoms with Gasteiger partial charge in [0.05, 0.1) is 22.4 Å². The summed E-state index contributed by atoms with van der Waals surface area (Å²) in [6.07, 6.45) is 9.48. The van der Waals surface area contributed by atoms with E-state index >= 15 is 0 Å². The van der Waals surface area contributed by atoms with Crippen LogP contribution in [-0.2, 0) is 6.42 Å². The first-order valence-electron chi connectivity index (χ1n) is 17.5. The molecule has 0 N–H and O–H groups in total. The smallest absolute Gasteiger partial charge is 0.153 e. The van der Waals surface area contributed by atoms with Gasteiger partial charge >= 0.3 is 0 Å². The van der Waals surface area contributed by atoms with Crippen molar-refractivity contribution in [2.24, 2.45) is 0 Å². The molecular formula is C48H35N3. The predicted octanol–water partition coefficient (Wildman–Crippen LogP) is 12.2. The average molecular weight is 654 g/mol. The molecule has 3 nitrogen and oxygen atoms in total. The van der Waals surface area contributed by atoms with Crippen LogP contribution in [-0.4, -0.2) is 14.5 Å². The van der Waals surface area contributed by atoms with Gasteiger partial charge in [0, 0.05) is 27.6 Å². The van der Waals surface area contributed by atoms with Crippen LogP contribution < -0.4 is 0 Å². The fraction of sp³-hybridized carbons (Fsp3) is 0.0417. The van der Waals surface area contributed by atoms with Crippen LogP contribution in [0.1, 0.15) is 23.9 Å². The van der Waals surface area contributed by atoms with Crippen molar-refractivity contribution in [2.45, 2.75) is 13.3 Å². The summed E-state index contributed by atoms with van der Waals surface area (Å²) in [6.45, 7) is 2.06. The molecule has 2 heterocycles. The Labute approximate surface area is 298 Å². The molecule has 51 heavy (non-hydrogen) atoms. The maximum Gasteiger partial charge on any atom is 0.153 e. The van der Waals surface area contributed by atoms with Gasteiger partial charge < -0.3 is 4.57 Å². The third-order valence-electron chi connectivity index (χ3n) is 9.79. The lowest BCUT2D eigenvalue weighted by Crippen LogP contribution is -1.97. The number of para-hydroxylation sites is 1. The summed E-state index contributed by atoms with van der Waals surface area (Å²) in [5, 5.41) is 2.49. The molecule has 0 spiro atoms. The standard InChI is InChI=1S/C48H35N3/c1-2-3-15-37-28-38-24-26-39(51-46-23-14-13-22-40(46)43-29-36(25-27-47(43)51)33-16-7-4-8-17-33)30-41(38)42(37)31-48-49-44(34-18-9-5-10-19-34)32-45(50-48)35-20-11-6-12-21-35/h2-27,29-32H,28H2,1H3/b3-2-,37-15-,42-31?. The van der Waals surface area contributed by atoms with Crippen molar-refractivity contribution >= 4 is 33.5 Å². The van der Waals surface area contributed by atoms with Gasteiger partial charge in [-0.05, 0) is 89.2 Å². The highest BCUT2D eigenvalue weighted by molar-refractivity contribution is 6.10. The number of benzene rings is 6. The Balaban J connectivity index is 1.22. The van der Waals surface area contributed by atoms with E-state index in [2.05, 4.69) is 181 Å². The average Bonchev–Trinajstić information content (AvgIpc) is 3.72. The molecule has 6 aromatic carbocycles. The number of nitrogens with zero attached hydrogens (tertiary/aromatic N) is 3. The van der Waals surface area contributed by atoms with Crippen LogP contribution in [0.15, 0.2) is 182 Å². The van der Waals surface area contributed by atoms with Crippen LogP contribution in [0.2, 0.25) is 0 Å². The molecule has 0 atom stereocenters. The third kappa shape index (κ3) is 5.69. The van der Waals surface area contributed by atoms with E-state index in [1.54, 1.807) is 0 Å². The Morgan fingerprint density at radius 2 is 1.18 bits per heavy atom. The predicted molar refractivity (Wildman–Crippen MR) is 214 cm³/mol. The van der Waals surface area contributed by atoms with E-state index < -0.39 is 0 Å². The molecule has 2 aromatic heterocycles. The second-order valence-electron chi connectivity index (χ2n) is 13.0. The molecule has 0 fully saturated rings. The van der Waals surface area contributed by atoms with E-state index in [9.17, 15) is 0 Å². The van der Waals surface area contributed by atoms with Crippen molar-refractivity contribution in [2.75, 3.05) is 0 Å². The molecular weight excluding hydrogens is 619 g/mol. The summed E-state index contributed by atoms with van der Waals surface area (Å²) < 4.78 is 2.41. The van der Waals surface area contributed by atoms with Gasteiger partial charge in [-0.25, -0.2) is 9.97 Å². The monoisotopic (exact) mass is 653 g/mol. The van der Waals surface area contributed by atoms with Crippen molar-refractivity contribution in [3.8, 4) is 39.3 Å². The minimum atomic E-state index is 0.695. The maximum atomic E-state index is 5.13. The topological polar surface area (TPSA) is 30.7 Å². The lowest BCUT2D eigenvalue weighted by molar-refractivity contribution is 1.14. The zero-order valence-electron chi connectivity index (χ0n) is 28.4. The SMILES string of the molecule is C/C=C\C=C1\Cc2ccc(-n3c4ccccc4c4cc(-c5ccccc5)ccc43)cc2C1=Cc1nc(-c2ccccc2)cc(-c2ccccc2)n1. The van der Waals surface area contributed by atoms with Crippen LogP contribution in [0.3, 0.4) is 0 Å². The van der Waals surface area contributed by atoms with Crippen LogP contribution >= 0.6 is 0 Å². The summed E-state index contributed by atoms with van der Waals surface area (Å²) in [5.41, 5.74) is 14.8. The van der Waals surface area contributed by atoms with Crippen LogP contribution in [0.25, 0.3) is 72.8 Å². The fourth-order valence-electron chi connectivity index (χ4n) is 7.35. The first-order chi connectivity index (χ1) is 25.2. The van der Waals surface area contributed by atoms with Crippen molar-refractivity contribution in [1.82, 2.24) is 14.5 Å². The Morgan fingerprint density at radius 3 is 1.86 bits per heavy atom.